The van der Waals surface area contributed by atoms with Gasteiger partial charge in [0.15, 0.2) is 0 Å². The Morgan fingerprint density at radius 2 is 2.43 bits per heavy atom. The lowest BCUT2D eigenvalue weighted by atomic mass is 10.1. The second-order valence-corrected chi connectivity index (χ2v) is 3.69. The summed E-state index contributed by atoms with van der Waals surface area (Å²) in [5.74, 6) is 1.65. The molecule has 0 radical (unpaired) electrons. The van der Waals surface area contributed by atoms with E-state index in [4.69, 9.17) is 4.74 Å². The summed E-state index contributed by atoms with van der Waals surface area (Å²) in [5, 5.41) is 3.33. The van der Waals surface area contributed by atoms with Crippen molar-refractivity contribution < 1.29 is 4.74 Å². The molecule has 14 heavy (non-hydrogen) atoms. The molecule has 0 bridgehead atoms. The van der Waals surface area contributed by atoms with Crippen LogP contribution in [0.2, 0.25) is 0 Å². The lowest BCUT2D eigenvalue weighted by Crippen LogP contribution is -2.33. The van der Waals surface area contributed by atoms with Crippen LogP contribution in [0, 0.1) is 5.92 Å². The van der Waals surface area contributed by atoms with Gasteiger partial charge in [-0.1, -0.05) is 6.92 Å². The standard InChI is InChI=1S/C11H16N2O/c1-2-9-3-4-12-11(5-9)13-6-10-7-14-8-10/h3-5,10H,2,6-8H2,1H3,(H,12,13). The van der Waals surface area contributed by atoms with E-state index in [0.717, 1.165) is 32.0 Å². The van der Waals surface area contributed by atoms with E-state index in [-0.39, 0.29) is 0 Å². The van der Waals surface area contributed by atoms with Crippen molar-refractivity contribution in [1.82, 2.24) is 4.98 Å². The molecular weight excluding hydrogens is 176 g/mol. The van der Waals surface area contributed by atoms with E-state index in [0.29, 0.717) is 5.92 Å². The average Bonchev–Trinajstić information content (AvgIpc) is 2.16. The third-order valence-electron chi connectivity index (χ3n) is 2.51. The van der Waals surface area contributed by atoms with Crippen LogP contribution in [0.5, 0.6) is 0 Å². The maximum atomic E-state index is 5.11. The Morgan fingerprint density at radius 3 is 3.07 bits per heavy atom. The van der Waals surface area contributed by atoms with Crippen molar-refractivity contribution >= 4 is 5.82 Å². The van der Waals surface area contributed by atoms with E-state index in [1.807, 2.05) is 6.20 Å². The first-order valence-corrected chi connectivity index (χ1v) is 5.15. The normalized spacial score (nSPS) is 16.4. The minimum atomic E-state index is 0.669. The second kappa shape index (κ2) is 4.42. The van der Waals surface area contributed by atoms with Crippen LogP contribution >= 0.6 is 0 Å². The van der Waals surface area contributed by atoms with Crippen LogP contribution in [0.15, 0.2) is 18.3 Å². The summed E-state index contributed by atoms with van der Waals surface area (Å²) in [6.07, 6.45) is 2.92. The number of ether oxygens (including phenoxy) is 1. The van der Waals surface area contributed by atoms with E-state index in [9.17, 15) is 0 Å². The van der Waals surface area contributed by atoms with Crippen molar-refractivity contribution in [3.63, 3.8) is 0 Å². The van der Waals surface area contributed by atoms with Crippen molar-refractivity contribution in [3.8, 4) is 0 Å². The molecule has 3 nitrogen and oxygen atoms in total. The molecule has 1 fully saturated rings. The van der Waals surface area contributed by atoms with Gasteiger partial charge >= 0.3 is 0 Å². The topological polar surface area (TPSA) is 34.2 Å². The first-order valence-electron chi connectivity index (χ1n) is 5.15. The maximum absolute atomic E-state index is 5.11. The first-order chi connectivity index (χ1) is 6.88. The SMILES string of the molecule is CCc1ccnc(NCC2COC2)c1. The summed E-state index contributed by atoms with van der Waals surface area (Å²) in [7, 11) is 0. The van der Waals surface area contributed by atoms with Gasteiger partial charge in [0.25, 0.3) is 0 Å². The number of hydrogen-bond acceptors (Lipinski definition) is 3. The molecule has 1 N–H and O–H groups in total. The fourth-order valence-corrected chi connectivity index (χ4v) is 1.44. The van der Waals surface area contributed by atoms with Crippen molar-refractivity contribution in [2.75, 3.05) is 25.1 Å². The highest BCUT2D eigenvalue weighted by Gasteiger charge is 2.17. The van der Waals surface area contributed by atoms with Gasteiger partial charge in [-0.25, -0.2) is 4.98 Å². The van der Waals surface area contributed by atoms with E-state index < -0.39 is 0 Å². The van der Waals surface area contributed by atoms with E-state index in [2.05, 4.69) is 29.4 Å². The summed E-state index contributed by atoms with van der Waals surface area (Å²) < 4.78 is 5.11. The van der Waals surface area contributed by atoms with E-state index in [1.54, 1.807) is 0 Å². The Labute approximate surface area is 84.5 Å². The van der Waals surface area contributed by atoms with Crippen LogP contribution in [0.3, 0.4) is 0 Å². The Hall–Kier alpha value is -1.09. The molecule has 1 aromatic heterocycles. The van der Waals surface area contributed by atoms with Gasteiger partial charge in [0.05, 0.1) is 13.2 Å². The summed E-state index contributed by atoms with van der Waals surface area (Å²) >= 11 is 0. The number of hydrogen-bond donors (Lipinski definition) is 1. The van der Waals surface area contributed by atoms with Gasteiger partial charge < -0.3 is 10.1 Å². The monoisotopic (exact) mass is 192 g/mol. The predicted octanol–water partition coefficient (Wildman–Crippen LogP) is 1.70. The van der Waals surface area contributed by atoms with Crippen molar-refractivity contribution in [1.29, 1.82) is 0 Å². The number of aryl methyl sites for hydroxylation is 1. The Bertz CT molecular complexity index is 297. The Balaban J connectivity index is 1.87. The molecule has 76 valence electrons. The van der Waals surface area contributed by atoms with Gasteiger partial charge in [-0.05, 0) is 24.1 Å². The molecule has 2 heterocycles. The molecule has 1 aliphatic heterocycles. The predicted molar refractivity (Wildman–Crippen MR) is 56.4 cm³/mol. The molecule has 0 amide bonds. The number of nitrogens with one attached hydrogen (secondary N) is 1. The molecular formula is C11H16N2O. The van der Waals surface area contributed by atoms with Gasteiger partial charge in [0, 0.05) is 18.7 Å². The molecule has 0 unspecified atom stereocenters. The first kappa shape index (κ1) is 9.46. The number of anilines is 1. The van der Waals surface area contributed by atoms with E-state index in [1.165, 1.54) is 5.56 Å². The van der Waals surface area contributed by atoms with Gasteiger partial charge in [-0.15, -0.1) is 0 Å². The Morgan fingerprint density at radius 1 is 1.57 bits per heavy atom. The van der Waals surface area contributed by atoms with Crippen molar-refractivity contribution in [2.45, 2.75) is 13.3 Å². The van der Waals surface area contributed by atoms with Crippen LogP contribution in [0.1, 0.15) is 12.5 Å². The van der Waals surface area contributed by atoms with Crippen LogP contribution in [-0.2, 0) is 11.2 Å². The van der Waals surface area contributed by atoms with Gasteiger partial charge in [0.1, 0.15) is 5.82 Å². The van der Waals surface area contributed by atoms with Crippen molar-refractivity contribution in [3.05, 3.63) is 23.9 Å². The quantitative estimate of drug-likeness (QED) is 0.788. The third-order valence-corrected chi connectivity index (χ3v) is 2.51. The van der Waals surface area contributed by atoms with Gasteiger partial charge in [0.2, 0.25) is 0 Å². The Kier molecular flexibility index (Phi) is 2.99. The average molecular weight is 192 g/mol. The molecule has 0 atom stereocenters. The van der Waals surface area contributed by atoms with Gasteiger partial charge in [-0.2, -0.15) is 0 Å². The van der Waals surface area contributed by atoms with Gasteiger partial charge in [-0.3, -0.25) is 0 Å². The minimum absolute atomic E-state index is 0.669. The van der Waals surface area contributed by atoms with Crippen LogP contribution in [0.25, 0.3) is 0 Å². The molecule has 3 heteroatoms. The lowest BCUT2D eigenvalue weighted by Gasteiger charge is -2.26. The maximum Gasteiger partial charge on any atom is 0.126 e. The number of pyridine rings is 1. The summed E-state index contributed by atoms with van der Waals surface area (Å²) in [5.41, 5.74) is 1.33. The highest BCUT2D eigenvalue weighted by molar-refractivity contribution is 5.37. The minimum Gasteiger partial charge on any atom is -0.381 e. The third kappa shape index (κ3) is 2.23. The highest BCUT2D eigenvalue weighted by atomic mass is 16.5. The molecule has 1 aromatic rings. The molecule has 0 aromatic carbocycles. The number of nitrogens with zero attached hydrogens (tertiary/aromatic N) is 1. The van der Waals surface area contributed by atoms with Crippen molar-refractivity contribution in [2.24, 2.45) is 5.92 Å². The van der Waals surface area contributed by atoms with Crippen LogP contribution in [0.4, 0.5) is 5.82 Å². The van der Waals surface area contributed by atoms with Crippen LogP contribution in [-0.4, -0.2) is 24.7 Å². The molecule has 0 aliphatic carbocycles. The molecule has 2 rings (SSSR count). The molecule has 1 saturated heterocycles. The largest absolute Gasteiger partial charge is 0.381 e. The molecule has 1 aliphatic rings. The second-order valence-electron chi connectivity index (χ2n) is 3.69. The number of rotatable bonds is 4. The zero-order valence-corrected chi connectivity index (χ0v) is 8.49. The summed E-state index contributed by atoms with van der Waals surface area (Å²) in [4.78, 5) is 4.27. The lowest BCUT2D eigenvalue weighted by molar-refractivity contribution is -0.0248. The fraction of sp³-hybridized carbons (Fsp3) is 0.545. The molecule has 0 spiro atoms. The van der Waals surface area contributed by atoms with E-state index >= 15 is 0 Å². The smallest absolute Gasteiger partial charge is 0.126 e. The van der Waals surface area contributed by atoms with Crippen LogP contribution < -0.4 is 5.32 Å². The molecule has 0 saturated carbocycles. The highest BCUT2D eigenvalue weighted by Crippen LogP contribution is 2.12. The zero-order chi connectivity index (χ0) is 9.80. The summed E-state index contributed by atoms with van der Waals surface area (Å²) in [6, 6.07) is 4.16. The fourth-order valence-electron chi connectivity index (χ4n) is 1.44. The number of aromatic nitrogens is 1. The zero-order valence-electron chi connectivity index (χ0n) is 8.49. The summed E-state index contributed by atoms with van der Waals surface area (Å²) in [6.45, 7) is 4.90.